The van der Waals surface area contributed by atoms with Crippen LogP contribution in [0.25, 0.3) is 89.0 Å². The van der Waals surface area contributed by atoms with Crippen LogP contribution in [0, 0.1) is 76.7 Å². The molecule has 0 amide bonds. The lowest BCUT2D eigenvalue weighted by Gasteiger charge is -2.07. The number of benzene rings is 12. The molecule has 0 aromatic heterocycles. The Morgan fingerprint density at radius 2 is 0.361 bits per heavy atom. The predicted molar refractivity (Wildman–Crippen MR) is 369 cm³/mol. The van der Waals surface area contributed by atoms with E-state index in [1.165, 1.54) is 54.4 Å². The second-order valence-electron chi connectivity index (χ2n) is 23.6. The summed E-state index contributed by atoms with van der Waals surface area (Å²) in [6.45, 7) is 8.54. The van der Waals surface area contributed by atoms with E-state index in [0.29, 0.717) is 44.5 Å². The summed E-state index contributed by atoms with van der Waals surface area (Å²) in [4.78, 5) is 0. The van der Waals surface area contributed by atoms with Crippen molar-refractivity contribution in [2.75, 3.05) is 0 Å². The molecule has 12 heteroatoms. The highest BCUT2D eigenvalue weighted by atomic mass is 19.2. The van der Waals surface area contributed by atoms with Gasteiger partial charge in [-0.25, -0.2) is 52.7 Å². The zero-order chi connectivity index (χ0) is 69.1. The normalized spacial score (nSPS) is 10.8. The quantitative estimate of drug-likeness (QED) is 0.0484. The van der Waals surface area contributed by atoms with Crippen LogP contribution in [0.2, 0.25) is 0 Å². The Morgan fingerprint density at radius 1 is 0.186 bits per heavy atom. The number of hydrogen-bond donors (Lipinski definition) is 0. The van der Waals surface area contributed by atoms with Crippen molar-refractivity contribution in [1.29, 1.82) is 0 Å². The fourth-order valence-electron chi connectivity index (χ4n) is 10.9. The molecule has 12 rings (SSSR count). The van der Waals surface area contributed by atoms with Crippen LogP contribution in [-0.4, -0.2) is 0 Å². The van der Waals surface area contributed by atoms with Crippen molar-refractivity contribution in [3.05, 3.63) is 335 Å². The van der Waals surface area contributed by atoms with Crippen LogP contribution in [0.3, 0.4) is 0 Å². The van der Waals surface area contributed by atoms with Gasteiger partial charge in [0.2, 0.25) is 0 Å². The Bertz CT molecular complexity index is 4440. The van der Waals surface area contributed by atoms with Gasteiger partial charge in [-0.2, -0.15) is 0 Å². The molecule has 0 saturated carbocycles. The Kier molecular flexibility index (Phi) is 24.9. The minimum absolute atomic E-state index is 0.312. The summed E-state index contributed by atoms with van der Waals surface area (Å²) < 4.78 is 159. The molecule has 0 saturated heterocycles. The van der Waals surface area contributed by atoms with E-state index in [1.54, 1.807) is 48.5 Å². The summed E-state index contributed by atoms with van der Waals surface area (Å²) in [6.07, 6.45) is 10.4. The fraction of sp³-hybridized carbons (Fsp3) is 0.153. The van der Waals surface area contributed by atoms with Crippen molar-refractivity contribution in [3.8, 4) is 89.0 Å². The average molecular weight is 1320 g/mol. The number of aryl methyl sites for hydroxylation is 4. The van der Waals surface area contributed by atoms with Crippen molar-refractivity contribution in [2.24, 2.45) is 0 Å². The lowest BCUT2D eigenvalue weighted by Crippen LogP contribution is -1.91. The van der Waals surface area contributed by atoms with E-state index in [0.717, 1.165) is 119 Å². The summed E-state index contributed by atoms with van der Waals surface area (Å²) in [6, 6.07) is 70.7. The van der Waals surface area contributed by atoms with E-state index in [2.05, 4.69) is 93.6 Å². The van der Waals surface area contributed by atoms with Crippen LogP contribution in [0.15, 0.2) is 243 Å². The molecule has 0 atom stereocenters. The van der Waals surface area contributed by atoms with Crippen molar-refractivity contribution < 1.29 is 52.7 Å². The highest BCUT2D eigenvalue weighted by Gasteiger charge is 2.16. The lowest BCUT2D eigenvalue weighted by molar-refractivity contribution is 0.447. The molecule has 0 aliphatic rings. The molecule has 0 aliphatic heterocycles. The molecular weight excluding hydrogens is 1250 g/mol. The number of halogens is 12. The van der Waals surface area contributed by atoms with Crippen LogP contribution in [0.5, 0.6) is 0 Å². The van der Waals surface area contributed by atoms with Crippen LogP contribution >= 0.6 is 0 Å². The predicted octanol–water partition coefficient (Wildman–Crippen LogP) is 26.1. The van der Waals surface area contributed by atoms with Crippen LogP contribution in [-0.2, 0) is 19.3 Å². The molecule has 0 nitrogen and oxygen atoms in total. The van der Waals surface area contributed by atoms with Crippen LogP contribution in [0.4, 0.5) is 52.7 Å². The van der Waals surface area contributed by atoms with E-state index < -0.39 is 69.8 Å². The number of rotatable bonds is 17. The molecule has 12 aromatic carbocycles. The maximum atomic E-state index is 13.4. The topological polar surface area (TPSA) is 0 Å². The third kappa shape index (κ3) is 19.1. The van der Waals surface area contributed by atoms with Gasteiger partial charge in [-0.3, -0.25) is 0 Å². The maximum Gasteiger partial charge on any atom is 0.194 e. The van der Waals surface area contributed by atoms with Gasteiger partial charge >= 0.3 is 0 Å². The van der Waals surface area contributed by atoms with Gasteiger partial charge < -0.3 is 0 Å². The first-order valence-electron chi connectivity index (χ1n) is 32.1. The summed E-state index contributed by atoms with van der Waals surface area (Å²) in [5, 5.41) is 0. The van der Waals surface area contributed by atoms with Crippen molar-refractivity contribution in [3.63, 3.8) is 0 Å². The third-order valence-corrected chi connectivity index (χ3v) is 16.5. The molecule has 12 aromatic rings. The molecule has 0 aliphatic carbocycles. The molecule has 0 heterocycles. The SMILES string of the molecule is CCCCCc1ccc(-c2ccc(-c3cc(F)c(F)c(F)c3)cc2)cc1.CCCCc1ccc(-c2ccc(-c3cc(F)c(F)c(F)c3)cc2)cc1.CCCc1ccc(-c2ccc(-c3cc(F)c(F)c(F)c3)cc2)cc1.Cc1ccc(-c2ccc(-c3cc(F)c(F)c(F)c3)cc2)cc1. The lowest BCUT2D eigenvalue weighted by atomic mass is 9.98. The smallest absolute Gasteiger partial charge is 0.194 e. The largest absolute Gasteiger partial charge is 0.204 e. The van der Waals surface area contributed by atoms with Gasteiger partial charge in [0.25, 0.3) is 0 Å². The van der Waals surface area contributed by atoms with Gasteiger partial charge in [0.1, 0.15) is 0 Å². The van der Waals surface area contributed by atoms with E-state index in [1.807, 2.05) is 79.7 Å². The highest BCUT2D eigenvalue weighted by molar-refractivity contribution is 5.75. The average Bonchev–Trinajstić information content (AvgIpc) is 0.873. The Hall–Kier alpha value is -10.2. The highest BCUT2D eigenvalue weighted by Crippen LogP contribution is 2.33. The molecule has 97 heavy (non-hydrogen) atoms. The summed E-state index contributed by atoms with van der Waals surface area (Å²) in [5.41, 5.74) is 17.3. The standard InChI is InChI=1S/C23H21F3.C22H19F3.C21H17F3.C19H13F3/c1-2-3-4-5-16-6-8-17(9-7-16)18-10-12-19(13-11-18)20-14-21(24)23(26)22(25)15-20;1-2-3-4-15-5-7-16(8-6-15)17-9-11-18(12-10-17)19-13-20(23)22(25)21(24)14-19;1-2-3-14-4-6-15(7-5-14)16-8-10-17(11-9-16)18-12-19(22)21(24)20(23)13-18;1-12-2-4-13(5-3-12)14-6-8-15(9-7-14)16-10-17(20)19(22)18(21)11-16/h6-15H,2-5H2,1H3;5-14H,2-4H2,1H3;4-13H,2-3H2,1H3;2-11H,1H3. The molecular formula is C85H70F12. The third-order valence-electron chi connectivity index (χ3n) is 16.5. The van der Waals surface area contributed by atoms with Gasteiger partial charge in [0.15, 0.2) is 69.8 Å². The molecule has 0 unspecified atom stereocenters. The zero-order valence-corrected chi connectivity index (χ0v) is 54.0. The fourth-order valence-corrected chi connectivity index (χ4v) is 10.9. The van der Waals surface area contributed by atoms with Gasteiger partial charge in [-0.15, -0.1) is 0 Å². The Balaban J connectivity index is 0.000000152. The zero-order valence-electron chi connectivity index (χ0n) is 54.0. The van der Waals surface area contributed by atoms with Crippen LogP contribution < -0.4 is 0 Å². The van der Waals surface area contributed by atoms with Gasteiger partial charge in [-0.1, -0.05) is 246 Å². The van der Waals surface area contributed by atoms with Crippen molar-refractivity contribution in [1.82, 2.24) is 0 Å². The molecule has 0 spiro atoms. The maximum absolute atomic E-state index is 13.4. The minimum atomic E-state index is -1.44. The van der Waals surface area contributed by atoms with Gasteiger partial charge in [0.05, 0.1) is 0 Å². The molecule has 0 N–H and O–H groups in total. The summed E-state index contributed by atoms with van der Waals surface area (Å²) in [5.74, 6) is -15.2. The Labute approximate surface area is 559 Å². The minimum Gasteiger partial charge on any atom is -0.204 e. The van der Waals surface area contributed by atoms with E-state index in [-0.39, 0.29) is 0 Å². The number of unbranched alkanes of at least 4 members (excludes halogenated alkanes) is 3. The second kappa shape index (κ2) is 34.0. The second-order valence-corrected chi connectivity index (χ2v) is 23.6. The molecule has 494 valence electrons. The summed E-state index contributed by atoms with van der Waals surface area (Å²) >= 11 is 0. The first kappa shape index (κ1) is 71.1. The summed E-state index contributed by atoms with van der Waals surface area (Å²) in [7, 11) is 0. The Morgan fingerprint density at radius 3 is 0.567 bits per heavy atom. The van der Waals surface area contributed by atoms with Crippen molar-refractivity contribution >= 4 is 0 Å². The van der Waals surface area contributed by atoms with E-state index in [9.17, 15) is 52.7 Å². The monoisotopic (exact) mass is 1320 g/mol. The first-order valence-corrected chi connectivity index (χ1v) is 32.1. The van der Waals surface area contributed by atoms with Gasteiger partial charge in [0, 0.05) is 0 Å². The van der Waals surface area contributed by atoms with Gasteiger partial charge in [-0.05, 0) is 193 Å². The van der Waals surface area contributed by atoms with E-state index >= 15 is 0 Å². The molecule has 0 fully saturated rings. The molecule has 0 bridgehead atoms. The number of hydrogen-bond acceptors (Lipinski definition) is 0. The van der Waals surface area contributed by atoms with Crippen LogP contribution in [0.1, 0.15) is 81.5 Å². The van der Waals surface area contributed by atoms with Crippen molar-refractivity contribution in [2.45, 2.75) is 85.5 Å². The first-order chi connectivity index (χ1) is 46.8. The van der Waals surface area contributed by atoms with E-state index in [4.69, 9.17) is 0 Å². The molecule has 0 radical (unpaired) electrons.